The molecule has 4 nitrogen and oxygen atoms in total. The smallest absolute Gasteiger partial charge is 0.195 e. The molecule has 0 atom stereocenters. The van der Waals surface area contributed by atoms with Crippen molar-refractivity contribution >= 4 is 23.6 Å². The van der Waals surface area contributed by atoms with Crippen molar-refractivity contribution in [2.45, 2.75) is 59.4 Å². The third-order valence-corrected chi connectivity index (χ3v) is 4.79. The summed E-state index contributed by atoms with van der Waals surface area (Å²) in [4.78, 5) is 5.99. The summed E-state index contributed by atoms with van der Waals surface area (Å²) in [5, 5.41) is 8.47. The van der Waals surface area contributed by atoms with Crippen LogP contribution in [0, 0.1) is 4.77 Å². The molecule has 0 saturated carbocycles. The van der Waals surface area contributed by atoms with Gasteiger partial charge in [-0.15, -0.1) is 11.3 Å². The quantitative estimate of drug-likeness (QED) is 0.849. The van der Waals surface area contributed by atoms with Gasteiger partial charge in [0.2, 0.25) is 0 Å². The molecule has 2 rings (SSSR count). The molecule has 0 bridgehead atoms. The molecule has 20 heavy (non-hydrogen) atoms. The Balaban J connectivity index is 2.69. The van der Waals surface area contributed by atoms with E-state index < -0.39 is 0 Å². The van der Waals surface area contributed by atoms with Crippen LogP contribution in [-0.4, -0.2) is 19.7 Å². The highest BCUT2D eigenvalue weighted by Crippen LogP contribution is 2.38. The summed E-state index contributed by atoms with van der Waals surface area (Å²) in [6.07, 6.45) is 0. The van der Waals surface area contributed by atoms with Gasteiger partial charge in [0.15, 0.2) is 10.6 Å². The minimum Gasteiger partial charge on any atom is -0.300 e. The standard InChI is InChI=1S/C14H22N4S2/c1-7-18-11(16-17-13(18)19)9-10(14(4,5)6)15-12(20-9)8(2)3/h8H,7H2,1-6H3,(H,17,19). The first kappa shape index (κ1) is 15.4. The Bertz CT molecular complexity index is 656. The first-order valence-corrected chi connectivity index (χ1v) is 8.15. The Hall–Kier alpha value is -1.01. The minimum atomic E-state index is -0.00882. The van der Waals surface area contributed by atoms with Crippen LogP contribution in [0.2, 0.25) is 0 Å². The maximum Gasteiger partial charge on any atom is 0.195 e. The second-order valence-corrected chi connectivity index (χ2v) is 7.65. The van der Waals surface area contributed by atoms with Gasteiger partial charge >= 0.3 is 0 Å². The maximum atomic E-state index is 5.30. The fraction of sp³-hybridized carbons (Fsp3) is 0.643. The van der Waals surface area contributed by atoms with Crippen LogP contribution >= 0.6 is 23.6 Å². The molecule has 2 aromatic rings. The van der Waals surface area contributed by atoms with Gasteiger partial charge in [-0.3, -0.25) is 9.67 Å². The summed E-state index contributed by atoms with van der Waals surface area (Å²) in [5.41, 5.74) is 1.10. The van der Waals surface area contributed by atoms with E-state index in [2.05, 4.69) is 51.7 Å². The van der Waals surface area contributed by atoms with Crippen molar-refractivity contribution in [1.29, 1.82) is 0 Å². The highest BCUT2D eigenvalue weighted by atomic mass is 32.1. The van der Waals surface area contributed by atoms with Crippen LogP contribution in [-0.2, 0) is 12.0 Å². The summed E-state index contributed by atoms with van der Waals surface area (Å²) in [6.45, 7) is 13.8. The Labute approximate surface area is 129 Å². The lowest BCUT2D eigenvalue weighted by molar-refractivity contribution is 0.569. The van der Waals surface area contributed by atoms with Gasteiger partial charge in [-0.05, 0) is 19.1 Å². The van der Waals surface area contributed by atoms with E-state index in [1.54, 1.807) is 11.3 Å². The number of H-pyrrole nitrogens is 1. The van der Waals surface area contributed by atoms with E-state index in [0.717, 1.165) is 27.9 Å². The van der Waals surface area contributed by atoms with Gasteiger partial charge in [0, 0.05) is 17.9 Å². The lowest BCUT2D eigenvalue weighted by Crippen LogP contribution is -2.14. The predicted molar refractivity (Wildman–Crippen MR) is 87.0 cm³/mol. The number of rotatable bonds is 3. The first-order chi connectivity index (χ1) is 9.25. The van der Waals surface area contributed by atoms with Gasteiger partial charge in [-0.1, -0.05) is 34.6 Å². The summed E-state index contributed by atoms with van der Waals surface area (Å²) >= 11 is 7.03. The molecule has 6 heteroatoms. The molecule has 1 N–H and O–H groups in total. The van der Waals surface area contributed by atoms with Crippen molar-refractivity contribution in [2.24, 2.45) is 0 Å². The summed E-state index contributed by atoms with van der Waals surface area (Å²) in [5.74, 6) is 1.33. The predicted octanol–water partition coefficient (Wildman–Crippen LogP) is 4.50. The third-order valence-electron chi connectivity index (χ3n) is 3.13. The van der Waals surface area contributed by atoms with E-state index in [-0.39, 0.29) is 5.41 Å². The van der Waals surface area contributed by atoms with E-state index in [1.165, 1.54) is 0 Å². The molecule has 0 fully saturated rings. The minimum absolute atomic E-state index is 0.00882. The molecule has 2 aromatic heterocycles. The molecule has 0 radical (unpaired) electrons. The molecule has 0 aliphatic carbocycles. The van der Waals surface area contributed by atoms with Crippen molar-refractivity contribution in [2.75, 3.05) is 0 Å². The average Bonchev–Trinajstić information content (AvgIpc) is 2.91. The number of hydrogen-bond donors (Lipinski definition) is 1. The zero-order chi connectivity index (χ0) is 15.1. The topological polar surface area (TPSA) is 46.5 Å². The van der Waals surface area contributed by atoms with Crippen molar-refractivity contribution < 1.29 is 0 Å². The fourth-order valence-corrected chi connectivity index (χ4v) is 3.57. The van der Waals surface area contributed by atoms with E-state index in [1.807, 2.05) is 4.57 Å². The molecule has 2 heterocycles. The highest BCUT2D eigenvalue weighted by Gasteiger charge is 2.27. The van der Waals surface area contributed by atoms with Crippen molar-refractivity contribution in [1.82, 2.24) is 19.7 Å². The number of nitrogens with one attached hydrogen (secondary N) is 1. The highest BCUT2D eigenvalue weighted by molar-refractivity contribution is 7.71. The normalized spacial score (nSPS) is 12.3. The van der Waals surface area contributed by atoms with Crippen LogP contribution in [0.25, 0.3) is 10.7 Å². The van der Waals surface area contributed by atoms with Crippen LogP contribution in [0.5, 0.6) is 0 Å². The fourth-order valence-electron chi connectivity index (χ4n) is 2.03. The number of thiazole rings is 1. The van der Waals surface area contributed by atoms with Crippen LogP contribution < -0.4 is 0 Å². The molecule has 0 unspecified atom stereocenters. The number of hydrogen-bond acceptors (Lipinski definition) is 4. The molecule has 0 aliphatic rings. The zero-order valence-corrected chi connectivity index (χ0v) is 14.6. The van der Waals surface area contributed by atoms with Crippen molar-refractivity contribution in [3.8, 4) is 10.7 Å². The second kappa shape index (κ2) is 5.41. The SMILES string of the molecule is CCn1c(-c2sc(C(C)C)nc2C(C)(C)C)n[nH]c1=S. The molecule has 0 aromatic carbocycles. The Kier molecular flexibility index (Phi) is 4.16. The lowest BCUT2D eigenvalue weighted by atomic mass is 9.91. The number of aromatic nitrogens is 4. The maximum absolute atomic E-state index is 5.30. The molecular weight excluding hydrogens is 288 g/mol. The molecular formula is C14H22N4S2. The zero-order valence-electron chi connectivity index (χ0n) is 12.9. The summed E-state index contributed by atoms with van der Waals surface area (Å²) in [6, 6.07) is 0. The second-order valence-electron chi connectivity index (χ2n) is 6.23. The van der Waals surface area contributed by atoms with E-state index in [9.17, 15) is 0 Å². The van der Waals surface area contributed by atoms with Crippen LogP contribution in [0.3, 0.4) is 0 Å². The van der Waals surface area contributed by atoms with E-state index in [0.29, 0.717) is 10.7 Å². The van der Waals surface area contributed by atoms with E-state index in [4.69, 9.17) is 17.2 Å². The largest absolute Gasteiger partial charge is 0.300 e. The van der Waals surface area contributed by atoms with Crippen molar-refractivity contribution in [3.05, 3.63) is 15.5 Å². The first-order valence-electron chi connectivity index (χ1n) is 6.92. The molecule has 0 aliphatic heterocycles. The van der Waals surface area contributed by atoms with Gasteiger partial charge in [-0.25, -0.2) is 4.98 Å². The molecule has 0 spiro atoms. The molecule has 110 valence electrons. The average molecular weight is 310 g/mol. The van der Waals surface area contributed by atoms with Gasteiger partial charge in [0.25, 0.3) is 0 Å². The molecule has 0 amide bonds. The van der Waals surface area contributed by atoms with Crippen LogP contribution in [0.4, 0.5) is 0 Å². The molecule has 0 saturated heterocycles. The van der Waals surface area contributed by atoms with Gasteiger partial charge in [0.05, 0.1) is 15.6 Å². The Morgan fingerprint density at radius 2 is 2.00 bits per heavy atom. The summed E-state index contributed by atoms with van der Waals surface area (Å²) < 4.78 is 2.70. The van der Waals surface area contributed by atoms with Crippen LogP contribution in [0.15, 0.2) is 0 Å². The third kappa shape index (κ3) is 2.72. The van der Waals surface area contributed by atoms with E-state index >= 15 is 0 Å². The Morgan fingerprint density at radius 3 is 2.50 bits per heavy atom. The lowest BCUT2D eigenvalue weighted by Gasteiger charge is -2.17. The van der Waals surface area contributed by atoms with Crippen LogP contribution in [0.1, 0.15) is 58.2 Å². The Morgan fingerprint density at radius 1 is 1.35 bits per heavy atom. The van der Waals surface area contributed by atoms with Gasteiger partial charge in [0.1, 0.15) is 0 Å². The van der Waals surface area contributed by atoms with Crippen molar-refractivity contribution in [3.63, 3.8) is 0 Å². The van der Waals surface area contributed by atoms with Gasteiger partial charge in [-0.2, -0.15) is 5.10 Å². The monoisotopic (exact) mass is 310 g/mol. The summed E-state index contributed by atoms with van der Waals surface area (Å²) in [7, 11) is 0. The van der Waals surface area contributed by atoms with Gasteiger partial charge < -0.3 is 0 Å². The number of aromatic amines is 1. The number of nitrogens with zero attached hydrogens (tertiary/aromatic N) is 3.